The molecule has 1 aromatic carbocycles. The lowest BCUT2D eigenvalue weighted by Gasteiger charge is -2.08. The Bertz CT molecular complexity index is 999. The number of carbonyl (C=O) groups excluding carboxylic acids is 1. The van der Waals surface area contributed by atoms with Crippen molar-refractivity contribution < 1.29 is 9.90 Å². The lowest BCUT2D eigenvalue weighted by molar-refractivity contribution is -0.110. The van der Waals surface area contributed by atoms with Crippen molar-refractivity contribution in [3.63, 3.8) is 0 Å². The summed E-state index contributed by atoms with van der Waals surface area (Å²) < 4.78 is 0. The van der Waals surface area contributed by atoms with Crippen molar-refractivity contribution in [3.05, 3.63) is 52.8 Å². The van der Waals surface area contributed by atoms with Gasteiger partial charge in [-0.25, -0.2) is 4.98 Å². The fourth-order valence-electron chi connectivity index (χ4n) is 3.06. The molecule has 0 saturated heterocycles. The fourth-order valence-corrected chi connectivity index (χ4v) is 3.06. The number of pyridine rings is 1. The van der Waals surface area contributed by atoms with Gasteiger partial charge in [-0.05, 0) is 26.0 Å². The molecule has 23 heavy (non-hydrogen) atoms. The Morgan fingerprint density at radius 3 is 2.83 bits per heavy atom. The molecule has 1 aliphatic rings. The second kappa shape index (κ2) is 4.71. The Hall–Kier alpha value is -3.08. The van der Waals surface area contributed by atoms with Gasteiger partial charge < -0.3 is 15.4 Å². The van der Waals surface area contributed by atoms with E-state index in [1.54, 1.807) is 13.8 Å². The molecule has 0 aliphatic carbocycles. The molecule has 0 unspecified atom stereocenters. The smallest absolute Gasteiger partial charge is 0.257 e. The van der Waals surface area contributed by atoms with Crippen LogP contribution in [0.15, 0.2) is 30.5 Å². The zero-order valence-corrected chi connectivity index (χ0v) is 12.8. The molecule has 3 aromatic rings. The highest BCUT2D eigenvalue weighted by molar-refractivity contribution is 6.35. The highest BCUT2D eigenvalue weighted by atomic mass is 16.3. The summed E-state index contributed by atoms with van der Waals surface area (Å²) >= 11 is 0. The van der Waals surface area contributed by atoms with Gasteiger partial charge in [0.2, 0.25) is 0 Å². The van der Waals surface area contributed by atoms with Crippen LogP contribution in [0.25, 0.3) is 22.6 Å². The van der Waals surface area contributed by atoms with Crippen molar-refractivity contribution >= 4 is 34.3 Å². The first kappa shape index (κ1) is 13.6. The lowest BCUT2D eigenvalue weighted by atomic mass is 10.00. The van der Waals surface area contributed by atoms with E-state index in [1.807, 2.05) is 36.5 Å². The zero-order valence-electron chi connectivity index (χ0n) is 12.8. The van der Waals surface area contributed by atoms with Crippen molar-refractivity contribution in [2.75, 3.05) is 5.32 Å². The average molecular weight is 305 g/mol. The van der Waals surface area contributed by atoms with E-state index in [0.717, 1.165) is 16.5 Å². The highest BCUT2D eigenvalue weighted by Crippen LogP contribution is 2.39. The van der Waals surface area contributed by atoms with Crippen LogP contribution in [0.2, 0.25) is 0 Å². The molecule has 0 saturated carbocycles. The second-order valence-electron chi connectivity index (χ2n) is 5.70. The first-order valence-corrected chi connectivity index (χ1v) is 7.36. The van der Waals surface area contributed by atoms with Crippen molar-refractivity contribution in [1.82, 2.24) is 9.97 Å². The third-order valence-electron chi connectivity index (χ3n) is 4.26. The molecule has 1 aliphatic heterocycles. The Balaban J connectivity index is 1.94. The third-order valence-corrected chi connectivity index (χ3v) is 4.26. The van der Waals surface area contributed by atoms with Crippen LogP contribution < -0.4 is 5.32 Å². The van der Waals surface area contributed by atoms with Crippen LogP contribution in [0.1, 0.15) is 22.4 Å². The molecule has 4 rings (SSSR count). The summed E-state index contributed by atoms with van der Waals surface area (Å²) in [5.74, 6) is 0.435. The van der Waals surface area contributed by atoms with Gasteiger partial charge in [-0.3, -0.25) is 4.79 Å². The van der Waals surface area contributed by atoms with Crippen LogP contribution in [0.3, 0.4) is 0 Å². The quantitative estimate of drug-likeness (QED) is 0.603. The zero-order chi connectivity index (χ0) is 16.1. The number of amides is 1. The molecule has 0 radical (unpaired) electrons. The maximum Gasteiger partial charge on any atom is 0.257 e. The summed E-state index contributed by atoms with van der Waals surface area (Å²) in [5, 5.41) is 14.0. The lowest BCUT2D eigenvalue weighted by Crippen LogP contribution is -2.04. The van der Waals surface area contributed by atoms with E-state index in [0.29, 0.717) is 28.2 Å². The first-order valence-electron chi connectivity index (χ1n) is 7.36. The van der Waals surface area contributed by atoms with Gasteiger partial charge in [-0.1, -0.05) is 18.2 Å². The van der Waals surface area contributed by atoms with Gasteiger partial charge in [0.25, 0.3) is 5.91 Å². The molecular formula is C18H15N3O2. The predicted octanol–water partition coefficient (Wildman–Crippen LogP) is 3.38. The molecule has 0 bridgehead atoms. The highest BCUT2D eigenvalue weighted by Gasteiger charge is 2.29. The molecule has 114 valence electrons. The molecule has 3 N–H and O–H groups in total. The van der Waals surface area contributed by atoms with Gasteiger partial charge in [0.15, 0.2) is 0 Å². The molecule has 3 heterocycles. The van der Waals surface area contributed by atoms with Crippen LogP contribution in [-0.2, 0) is 4.79 Å². The number of H-pyrrole nitrogens is 1. The van der Waals surface area contributed by atoms with Crippen molar-refractivity contribution in [1.29, 1.82) is 0 Å². The Morgan fingerprint density at radius 2 is 2.00 bits per heavy atom. The number of carbonyl (C=O) groups is 1. The summed E-state index contributed by atoms with van der Waals surface area (Å²) in [6, 6.07) is 7.91. The van der Waals surface area contributed by atoms with Gasteiger partial charge in [-0.2, -0.15) is 0 Å². The van der Waals surface area contributed by atoms with Gasteiger partial charge >= 0.3 is 0 Å². The van der Waals surface area contributed by atoms with E-state index < -0.39 is 0 Å². The number of rotatable bonds is 1. The number of nitrogens with one attached hydrogen (secondary N) is 2. The van der Waals surface area contributed by atoms with E-state index in [9.17, 15) is 9.90 Å². The number of benzene rings is 1. The van der Waals surface area contributed by atoms with Gasteiger partial charge in [0, 0.05) is 33.8 Å². The number of anilines is 1. The molecular weight excluding hydrogens is 290 g/mol. The number of para-hydroxylation sites is 1. The molecule has 5 nitrogen and oxygen atoms in total. The monoisotopic (exact) mass is 305 g/mol. The average Bonchev–Trinajstić information content (AvgIpc) is 3.08. The number of hydrogen-bond donors (Lipinski definition) is 3. The molecule has 5 heteroatoms. The third kappa shape index (κ3) is 1.93. The van der Waals surface area contributed by atoms with E-state index in [-0.39, 0.29) is 11.7 Å². The molecule has 0 atom stereocenters. The summed E-state index contributed by atoms with van der Waals surface area (Å²) in [6.45, 7) is 3.52. The maximum atomic E-state index is 12.4. The van der Waals surface area contributed by atoms with Crippen molar-refractivity contribution in [2.45, 2.75) is 13.8 Å². The number of aromatic hydroxyl groups is 1. The van der Waals surface area contributed by atoms with Crippen LogP contribution in [0, 0.1) is 13.8 Å². The van der Waals surface area contributed by atoms with Crippen LogP contribution in [-0.4, -0.2) is 21.0 Å². The maximum absolute atomic E-state index is 12.4. The molecule has 0 spiro atoms. The van der Waals surface area contributed by atoms with E-state index in [1.165, 1.54) is 0 Å². The fraction of sp³-hybridized carbons (Fsp3) is 0.111. The molecule has 1 amide bonds. The van der Waals surface area contributed by atoms with Gasteiger partial charge in [0.05, 0.1) is 11.3 Å². The Labute approximate surface area is 132 Å². The number of hydrogen-bond acceptors (Lipinski definition) is 3. The number of aryl methyl sites for hydroxylation is 1. The van der Waals surface area contributed by atoms with Gasteiger partial charge in [0.1, 0.15) is 11.6 Å². The number of aromatic amines is 1. The van der Waals surface area contributed by atoms with Crippen LogP contribution in [0.5, 0.6) is 5.75 Å². The second-order valence-corrected chi connectivity index (χ2v) is 5.70. The van der Waals surface area contributed by atoms with Gasteiger partial charge in [-0.15, -0.1) is 0 Å². The largest absolute Gasteiger partial charge is 0.506 e. The molecule has 2 aromatic heterocycles. The number of aromatic nitrogens is 2. The number of fused-ring (bicyclic) bond motifs is 2. The minimum Gasteiger partial charge on any atom is -0.506 e. The van der Waals surface area contributed by atoms with Crippen LogP contribution in [0.4, 0.5) is 5.82 Å². The van der Waals surface area contributed by atoms with E-state index >= 15 is 0 Å². The number of nitrogens with zero attached hydrogens (tertiary/aromatic N) is 1. The SMILES string of the molecule is Cc1nc2c(c(C)c1O)/C(=C/c1c[nH]c3ccccc13)C(=O)N2. The Morgan fingerprint density at radius 1 is 1.22 bits per heavy atom. The Kier molecular flexibility index (Phi) is 2.78. The predicted molar refractivity (Wildman–Crippen MR) is 90.2 cm³/mol. The summed E-state index contributed by atoms with van der Waals surface area (Å²) in [6.07, 6.45) is 3.71. The first-order chi connectivity index (χ1) is 11.1. The van der Waals surface area contributed by atoms with Crippen molar-refractivity contribution in [2.24, 2.45) is 0 Å². The van der Waals surface area contributed by atoms with E-state index in [2.05, 4.69) is 15.3 Å². The molecule has 0 fully saturated rings. The van der Waals surface area contributed by atoms with Crippen molar-refractivity contribution in [3.8, 4) is 5.75 Å². The van der Waals surface area contributed by atoms with Crippen LogP contribution >= 0.6 is 0 Å². The summed E-state index contributed by atoms with van der Waals surface area (Å²) in [4.78, 5) is 19.8. The minimum atomic E-state index is -0.203. The topological polar surface area (TPSA) is 78.0 Å². The summed E-state index contributed by atoms with van der Waals surface area (Å²) in [5.41, 5.74) is 4.30. The minimum absolute atomic E-state index is 0.130. The van der Waals surface area contributed by atoms with E-state index in [4.69, 9.17) is 0 Å². The standard InChI is InChI=1S/C18H15N3O2/c1-9-15-13(18(23)21-17(15)20-10(2)16(9)22)7-11-8-19-14-6-4-3-5-12(11)14/h3-8,19,22H,1-2H3,(H,20,21,23)/b13-7-. The normalized spacial score (nSPS) is 15.2. The summed E-state index contributed by atoms with van der Waals surface area (Å²) in [7, 11) is 0.